The van der Waals surface area contributed by atoms with E-state index in [1.54, 1.807) is 0 Å². The maximum atomic E-state index is 12.1. The second-order valence-corrected chi connectivity index (χ2v) is 5.88. The van der Waals surface area contributed by atoms with Crippen LogP contribution in [-0.2, 0) is 9.47 Å². The summed E-state index contributed by atoms with van der Waals surface area (Å²) in [4.78, 5) is 0. The summed E-state index contributed by atoms with van der Waals surface area (Å²) in [6.07, 6.45) is 1.09. The first-order chi connectivity index (χ1) is 9.53. The van der Waals surface area contributed by atoms with Gasteiger partial charge >= 0.3 is 6.18 Å². The van der Waals surface area contributed by atoms with Crippen LogP contribution >= 0.6 is 0 Å². The molecule has 2 aliphatic rings. The molecule has 0 aromatic carbocycles. The molecule has 1 aliphatic heterocycles. The fourth-order valence-electron chi connectivity index (χ4n) is 2.98. The van der Waals surface area contributed by atoms with Crippen molar-refractivity contribution in [3.63, 3.8) is 0 Å². The van der Waals surface area contributed by atoms with Crippen molar-refractivity contribution >= 4 is 0 Å². The zero-order valence-corrected chi connectivity index (χ0v) is 11.8. The Hall–Kier alpha value is -0.330. The van der Waals surface area contributed by atoms with E-state index in [4.69, 9.17) is 9.47 Å². The Balaban J connectivity index is 1.64. The molecule has 0 aromatic heterocycles. The summed E-state index contributed by atoms with van der Waals surface area (Å²) >= 11 is 0. The molecule has 0 amide bonds. The molecule has 0 spiro atoms. The third kappa shape index (κ3) is 5.97. The van der Waals surface area contributed by atoms with Crippen molar-refractivity contribution in [2.75, 3.05) is 26.4 Å². The van der Waals surface area contributed by atoms with E-state index in [1.807, 2.05) is 0 Å². The average Bonchev–Trinajstić information content (AvgIpc) is 2.44. The van der Waals surface area contributed by atoms with Crippen molar-refractivity contribution < 1.29 is 22.6 Å². The summed E-state index contributed by atoms with van der Waals surface area (Å²) < 4.78 is 46.7. The number of rotatable bonds is 5. The second-order valence-electron chi connectivity index (χ2n) is 5.88. The minimum atomic E-state index is -4.22. The Morgan fingerprint density at radius 1 is 1.10 bits per heavy atom. The maximum absolute atomic E-state index is 12.1. The van der Waals surface area contributed by atoms with E-state index in [1.165, 1.54) is 0 Å². The molecule has 6 heteroatoms. The number of nitrogens with one attached hydrogen (secondary N) is 1. The molecule has 2 atom stereocenters. The number of alkyl halides is 3. The van der Waals surface area contributed by atoms with E-state index in [9.17, 15) is 13.2 Å². The van der Waals surface area contributed by atoms with E-state index < -0.39 is 12.8 Å². The Morgan fingerprint density at radius 2 is 1.85 bits per heavy atom. The van der Waals surface area contributed by atoms with Crippen molar-refractivity contribution in [2.45, 2.75) is 56.8 Å². The van der Waals surface area contributed by atoms with Crippen LogP contribution in [0.15, 0.2) is 0 Å². The van der Waals surface area contributed by atoms with Crippen LogP contribution in [0.3, 0.4) is 0 Å². The smallest absolute Gasteiger partial charge is 0.381 e. The molecule has 3 nitrogen and oxygen atoms in total. The normalized spacial score (nSPS) is 29.6. The van der Waals surface area contributed by atoms with E-state index in [-0.39, 0.29) is 6.10 Å². The van der Waals surface area contributed by atoms with Gasteiger partial charge in [-0.15, -0.1) is 0 Å². The molecular formula is C14H24F3NO2. The van der Waals surface area contributed by atoms with Crippen LogP contribution in [0.25, 0.3) is 0 Å². The summed E-state index contributed by atoms with van der Waals surface area (Å²) in [5, 5.41) is 3.50. The minimum Gasteiger partial charge on any atom is -0.381 e. The fraction of sp³-hybridized carbons (Fsp3) is 1.00. The maximum Gasteiger partial charge on any atom is 0.411 e. The Kier molecular flexibility index (Phi) is 6.11. The van der Waals surface area contributed by atoms with Crippen LogP contribution in [0.2, 0.25) is 0 Å². The molecule has 1 aliphatic carbocycles. The van der Waals surface area contributed by atoms with Gasteiger partial charge in [-0.1, -0.05) is 0 Å². The standard InChI is InChI=1S/C14H24F3NO2/c15-14(16,17)10-20-13-3-1-2-12(8-13)18-9-11-4-6-19-7-5-11/h11-13,18H,1-10H2. The molecular weight excluding hydrogens is 271 g/mol. The topological polar surface area (TPSA) is 30.5 Å². The first kappa shape index (κ1) is 16.0. The van der Waals surface area contributed by atoms with Gasteiger partial charge in [0.05, 0.1) is 6.10 Å². The monoisotopic (exact) mass is 295 g/mol. The van der Waals surface area contributed by atoms with Gasteiger partial charge in [-0.05, 0) is 51.0 Å². The van der Waals surface area contributed by atoms with Crippen molar-refractivity contribution in [1.29, 1.82) is 0 Å². The van der Waals surface area contributed by atoms with Crippen LogP contribution in [0.1, 0.15) is 38.5 Å². The van der Waals surface area contributed by atoms with Gasteiger partial charge in [0.25, 0.3) is 0 Å². The lowest BCUT2D eigenvalue weighted by Crippen LogP contribution is -2.40. The first-order valence-electron chi connectivity index (χ1n) is 7.52. The molecule has 1 saturated heterocycles. The van der Waals surface area contributed by atoms with Crippen LogP contribution in [0, 0.1) is 5.92 Å². The molecule has 2 rings (SSSR count). The van der Waals surface area contributed by atoms with Crippen LogP contribution in [0.5, 0.6) is 0 Å². The zero-order valence-electron chi connectivity index (χ0n) is 11.8. The SMILES string of the molecule is FC(F)(F)COC1CCCC(NCC2CCOCC2)C1. The van der Waals surface area contributed by atoms with E-state index >= 15 is 0 Å². The number of halogens is 3. The van der Waals surface area contributed by atoms with Crippen molar-refractivity contribution in [1.82, 2.24) is 5.32 Å². The third-order valence-corrected chi connectivity index (χ3v) is 4.14. The summed E-state index contributed by atoms with van der Waals surface area (Å²) in [5.41, 5.74) is 0. The van der Waals surface area contributed by atoms with Gasteiger partial charge < -0.3 is 14.8 Å². The van der Waals surface area contributed by atoms with E-state index in [2.05, 4.69) is 5.32 Å². The van der Waals surface area contributed by atoms with Crippen LogP contribution in [0.4, 0.5) is 13.2 Å². The van der Waals surface area contributed by atoms with Crippen molar-refractivity contribution in [2.24, 2.45) is 5.92 Å². The molecule has 1 saturated carbocycles. The van der Waals surface area contributed by atoms with Gasteiger partial charge in [0, 0.05) is 19.3 Å². The molecule has 1 heterocycles. The molecule has 0 bridgehead atoms. The lowest BCUT2D eigenvalue weighted by Gasteiger charge is -2.32. The predicted octanol–water partition coefficient (Wildman–Crippen LogP) is 2.89. The van der Waals surface area contributed by atoms with Gasteiger partial charge in [-0.3, -0.25) is 0 Å². The van der Waals surface area contributed by atoms with Gasteiger partial charge in [-0.2, -0.15) is 13.2 Å². The molecule has 20 heavy (non-hydrogen) atoms. The average molecular weight is 295 g/mol. The third-order valence-electron chi connectivity index (χ3n) is 4.14. The quantitative estimate of drug-likeness (QED) is 0.846. The van der Waals surface area contributed by atoms with Gasteiger partial charge in [0.1, 0.15) is 6.61 Å². The van der Waals surface area contributed by atoms with Crippen molar-refractivity contribution in [3.8, 4) is 0 Å². The summed E-state index contributed by atoms with van der Waals surface area (Å²) in [6.45, 7) is 1.48. The largest absolute Gasteiger partial charge is 0.411 e. The molecule has 2 unspecified atom stereocenters. The second kappa shape index (κ2) is 7.61. The fourth-order valence-corrected chi connectivity index (χ4v) is 2.98. The summed E-state index contributed by atoms with van der Waals surface area (Å²) in [6, 6.07) is 0.296. The number of hydrogen-bond donors (Lipinski definition) is 1. The van der Waals surface area contributed by atoms with Gasteiger partial charge in [-0.25, -0.2) is 0 Å². The Morgan fingerprint density at radius 3 is 2.55 bits per heavy atom. The molecule has 0 aromatic rings. The number of hydrogen-bond acceptors (Lipinski definition) is 3. The Bertz CT molecular complexity index is 280. The van der Waals surface area contributed by atoms with Gasteiger partial charge in [0.15, 0.2) is 0 Å². The zero-order chi connectivity index (χ0) is 14.4. The minimum absolute atomic E-state index is 0.252. The molecule has 2 fully saturated rings. The van der Waals surface area contributed by atoms with Crippen LogP contribution < -0.4 is 5.32 Å². The predicted molar refractivity (Wildman–Crippen MR) is 69.6 cm³/mol. The van der Waals surface area contributed by atoms with Crippen molar-refractivity contribution in [3.05, 3.63) is 0 Å². The highest BCUT2D eigenvalue weighted by atomic mass is 19.4. The summed E-state index contributed by atoms with van der Waals surface area (Å²) in [7, 11) is 0. The molecule has 118 valence electrons. The van der Waals surface area contributed by atoms with Gasteiger partial charge in [0.2, 0.25) is 0 Å². The highest BCUT2D eigenvalue weighted by Gasteiger charge is 2.31. The Labute approximate surface area is 118 Å². The highest BCUT2D eigenvalue weighted by molar-refractivity contribution is 4.80. The first-order valence-corrected chi connectivity index (χ1v) is 7.52. The number of ether oxygens (including phenoxy) is 2. The molecule has 0 radical (unpaired) electrons. The van der Waals surface area contributed by atoms with E-state index in [0.29, 0.717) is 18.4 Å². The lowest BCUT2D eigenvalue weighted by atomic mass is 9.91. The molecule has 1 N–H and O–H groups in total. The lowest BCUT2D eigenvalue weighted by molar-refractivity contribution is -0.188. The van der Waals surface area contributed by atoms with E-state index in [0.717, 1.165) is 51.9 Å². The highest BCUT2D eigenvalue weighted by Crippen LogP contribution is 2.24. The van der Waals surface area contributed by atoms with Crippen LogP contribution in [-0.4, -0.2) is 44.7 Å². The summed E-state index contributed by atoms with van der Waals surface area (Å²) in [5.74, 6) is 0.639.